The fourth-order valence-electron chi connectivity index (χ4n) is 1.81. The van der Waals surface area contributed by atoms with Crippen molar-refractivity contribution in [3.63, 3.8) is 0 Å². The van der Waals surface area contributed by atoms with Gasteiger partial charge in [-0.3, -0.25) is 9.59 Å². The van der Waals surface area contributed by atoms with Gasteiger partial charge in [0.15, 0.2) is 6.23 Å². The van der Waals surface area contributed by atoms with Crippen molar-refractivity contribution in [3.8, 4) is 0 Å². The first-order valence-corrected chi connectivity index (χ1v) is 5.36. The number of hydrogen-bond donors (Lipinski definition) is 0. The van der Waals surface area contributed by atoms with Gasteiger partial charge in [-0.1, -0.05) is 18.7 Å². The van der Waals surface area contributed by atoms with Crippen LogP contribution in [-0.4, -0.2) is 28.9 Å². The van der Waals surface area contributed by atoms with E-state index in [0.29, 0.717) is 11.1 Å². The van der Waals surface area contributed by atoms with Crippen LogP contribution in [0.1, 0.15) is 27.6 Å². The van der Waals surface area contributed by atoms with E-state index in [9.17, 15) is 14.4 Å². The summed E-state index contributed by atoms with van der Waals surface area (Å²) in [6.07, 6.45) is 0.0252. The van der Waals surface area contributed by atoms with E-state index in [4.69, 9.17) is 4.74 Å². The fraction of sp³-hybridized carbons (Fsp3) is 0.154. The van der Waals surface area contributed by atoms with Gasteiger partial charge in [-0.25, -0.2) is 9.69 Å². The van der Waals surface area contributed by atoms with Gasteiger partial charge >= 0.3 is 5.97 Å². The van der Waals surface area contributed by atoms with Crippen molar-refractivity contribution in [3.05, 3.63) is 48.0 Å². The molecule has 2 rings (SSSR count). The van der Waals surface area contributed by atoms with E-state index in [2.05, 4.69) is 6.58 Å². The maximum absolute atomic E-state index is 12.0. The zero-order valence-electron chi connectivity index (χ0n) is 9.75. The van der Waals surface area contributed by atoms with Gasteiger partial charge in [0.25, 0.3) is 11.8 Å². The number of fused-ring (bicyclic) bond motifs is 1. The molecule has 0 aromatic heterocycles. The molecule has 1 aliphatic rings. The summed E-state index contributed by atoms with van der Waals surface area (Å²) >= 11 is 0. The summed E-state index contributed by atoms with van der Waals surface area (Å²) in [7, 11) is 0. The lowest BCUT2D eigenvalue weighted by Gasteiger charge is -2.21. The van der Waals surface area contributed by atoms with Crippen LogP contribution in [0.3, 0.4) is 0 Å². The molecule has 0 fully saturated rings. The van der Waals surface area contributed by atoms with Crippen LogP contribution in [0.5, 0.6) is 0 Å². The minimum absolute atomic E-state index is 0.323. The van der Waals surface area contributed by atoms with E-state index < -0.39 is 24.0 Å². The highest BCUT2D eigenvalue weighted by molar-refractivity contribution is 6.21. The zero-order valence-corrected chi connectivity index (χ0v) is 9.75. The number of ether oxygens (including phenoxy) is 1. The highest BCUT2D eigenvalue weighted by atomic mass is 16.6. The highest BCUT2D eigenvalue weighted by Gasteiger charge is 2.39. The van der Waals surface area contributed by atoms with Gasteiger partial charge in [0.05, 0.1) is 11.1 Å². The second-order valence-corrected chi connectivity index (χ2v) is 3.77. The molecule has 1 atom stereocenters. The number of rotatable bonds is 3. The average Bonchev–Trinajstić information content (AvgIpc) is 2.62. The third kappa shape index (κ3) is 1.79. The number of carbonyl (C=O) groups excluding carboxylic acids is 3. The monoisotopic (exact) mass is 245 g/mol. The molecular weight excluding hydrogens is 234 g/mol. The summed E-state index contributed by atoms with van der Waals surface area (Å²) < 4.78 is 4.88. The van der Waals surface area contributed by atoms with Gasteiger partial charge in [-0.15, -0.1) is 0 Å². The van der Waals surface area contributed by atoms with E-state index in [1.54, 1.807) is 24.3 Å². The molecule has 1 aromatic rings. The van der Waals surface area contributed by atoms with E-state index in [1.165, 1.54) is 6.92 Å². The molecule has 2 amide bonds. The molecule has 0 saturated carbocycles. The Morgan fingerprint density at radius 3 is 2.22 bits per heavy atom. The Morgan fingerprint density at radius 2 is 1.78 bits per heavy atom. The van der Waals surface area contributed by atoms with Gasteiger partial charge in [0, 0.05) is 6.08 Å². The summed E-state index contributed by atoms with van der Waals surface area (Å²) in [5.74, 6) is -1.60. The van der Waals surface area contributed by atoms with Crippen molar-refractivity contribution in [1.82, 2.24) is 4.90 Å². The number of benzene rings is 1. The largest absolute Gasteiger partial charge is 0.438 e. The van der Waals surface area contributed by atoms with E-state index in [-0.39, 0.29) is 0 Å². The van der Waals surface area contributed by atoms with Crippen LogP contribution in [0.2, 0.25) is 0 Å². The normalized spacial score (nSPS) is 15.3. The van der Waals surface area contributed by atoms with Crippen molar-refractivity contribution in [2.24, 2.45) is 0 Å². The van der Waals surface area contributed by atoms with Crippen LogP contribution in [0.4, 0.5) is 0 Å². The van der Waals surface area contributed by atoms with E-state index in [1.807, 2.05) is 0 Å². The molecule has 0 bridgehead atoms. The molecule has 92 valence electrons. The second-order valence-electron chi connectivity index (χ2n) is 3.77. The van der Waals surface area contributed by atoms with Gasteiger partial charge in [-0.2, -0.15) is 0 Å². The molecule has 5 nitrogen and oxygen atoms in total. The Labute approximate surface area is 104 Å². The minimum atomic E-state index is -0.956. The van der Waals surface area contributed by atoms with E-state index in [0.717, 1.165) is 11.0 Å². The van der Waals surface area contributed by atoms with Crippen LogP contribution in [0, 0.1) is 0 Å². The van der Waals surface area contributed by atoms with Crippen molar-refractivity contribution in [1.29, 1.82) is 0 Å². The highest BCUT2D eigenvalue weighted by Crippen LogP contribution is 2.24. The molecule has 1 aromatic carbocycles. The fourth-order valence-corrected chi connectivity index (χ4v) is 1.81. The molecule has 1 heterocycles. The molecule has 18 heavy (non-hydrogen) atoms. The first-order valence-electron chi connectivity index (χ1n) is 5.36. The number of amides is 2. The summed E-state index contributed by atoms with van der Waals surface area (Å²) in [5.41, 5.74) is 0.646. The Bertz CT molecular complexity index is 515. The molecule has 0 saturated heterocycles. The summed E-state index contributed by atoms with van der Waals surface area (Å²) in [4.78, 5) is 36.0. The predicted octanol–water partition coefficient (Wildman–Crippen LogP) is 1.36. The van der Waals surface area contributed by atoms with Gasteiger partial charge in [0.2, 0.25) is 0 Å². The lowest BCUT2D eigenvalue weighted by molar-refractivity contribution is -0.146. The maximum Gasteiger partial charge on any atom is 0.332 e. The van der Waals surface area contributed by atoms with Gasteiger partial charge in [0.1, 0.15) is 0 Å². The molecule has 5 heteroatoms. The van der Waals surface area contributed by atoms with Crippen LogP contribution in [0.15, 0.2) is 36.9 Å². The molecule has 0 spiro atoms. The third-order valence-electron chi connectivity index (χ3n) is 2.64. The summed E-state index contributed by atoms with van der Waals surface area (Å²) in [5, 5.41) is 0. The van der Waals surface area contributed by atoms with Gasteiger partial charge < -0.3 is 4.74 Å². The molecule has 0 N–H and O–H groups in total. The summed E-state index contributed by atoms with van der Waals surface area (Å²) in [6.45, 7) is 4.72. The average molecular weight is 245 g/mol. The smallest absolute Gasteiger partial charge is 0.332 e. The molecule has 0 aliphatic carbocycles. The molecular formula is C13H11NO4. The standard InChI is InChI=1S/C13H11NO4/c1-3-11(15)18-8(2)14-12(16)9-6-4-5-7-10(9)13(14)17/h3-8H,1H2,2H3. The maximum atomic E-state index is 12.0. The third-order valence-corrected chi connectivity index (χ3v) is 2.64. The van der Waals surface area contributed by atoms with Crippen LogP contribution < -0.4 is 0 Å². The topological polar surface area (TPSA) is 63.7 Å². The van der Waals surface area contributed by atoms with Gasteiger partial charge in [-0.05, 0) is 19.1 Å². The molecule has 1 unspecified atom stereocenters. The lowest BCUT2D eigenvalue weighted by Crippen LogP contribution is -2.40. The quantitative estimate of drug-likeness (QED) is 0.458. The molecule has 1 aliphatic heterocycles. The number of hydrogen-bond acceptors (Lipinski definition) is 4. The van der Waals surface area contributed by atoms with Crippen molar-refractivity contribution >= 4 is 17.8 Å². The minimum Gasteiger partial charge on any atom is -0.438 e. The van der Waals surface area contributed by atoms with Crippen molar-refractivity contribution in [2.75, 3.05) is 0 Å². The van der Waals surface area contributed by atoms with Crippen molar-refractivity contribution < 1.29 is 19.1 Å². The Kier molecular flexibility index (Phi) is 2.97. The lowest BCUT2D eigenvalue weighted by atomic mass is 10.1. The Morgan fingerprint density at radius 1 is 1.28 bits per heavy atom. The molecule has 0 radical (unpaired) electrons. The SMILES string of the molecule is C=CC(=O)OC(C)N1C(=O)c2ccccc2C1=O. The number of esters is 1. The predicted molar refractivity (Wildman–Crippen MR) is 62.7 cm³/mol. The summed E-state index contributed by atoms with van der Waals surface area (Å²) in [6, 6.07) is 6.48. The second kappa shape index (κ2) is 4.44. The van der Waals surface area contributed by atoms with Crippen molar-refractivity contribution in [2.45, 2.75) is 13.2 Å². The van der Waals surface area contributed by atoms with Crippen LogP contribution in [0.25, 0.3) is 0 Å². The van der Waals surface area contributed by atoms with Crippen LogP contribution >= 0.6 is 0 Å². The van der Waals surface area contributed by atoms with E-state index >= 15 is 0 Å². The first-order chi connectivity index (χ1) is 8.56. The van der Waals surface area contributed by atoms with Crippen LogP contribution in [-0.2, 0) is 9.53 Å². The number of carbonyl (C=O) groups is 3. The number of imide groups is 1. The number of nitrogens with zero attached hydrogens (tertiary/aromatic N) is 1. The zero-order chi connectivity index (χ0) is 13.3. The Balaban J connectivity index is 2.28. The Hall–Kier alpha value is -2.43. The first kappa shape index (κ1) is 12.0.